The highest BCUT2D eigenvalue weighted by atomic mass is 16.3. The number of nitrogens with zero attached hydrogens (tertiary/aromatic N) is 2. The van der Waals surface area contributed by atoms with Crippen molar-refractivity contribution in [2.45, 2.75) is 59.0 Å². The van der Waals surface area contributed by atoms with Crippen LogP contribution in [0.1, 0.15) is 62.7 Å². The summed E-state index contributed by atoms with van der Waals surface area (Å²) in [7, 11) is 0. The molecule has 1 saturated carbocycles. The average Bonchev–Trinajstić information content (AvgIpc) is 2.38. The molecule has 0 amide bonds. The molecule has 0 unspecified atom stereocenters. The Morgan fingerprint density at radius 1 is 1.22 bits per heavy atom. The Kier molecular flexibility index (Phi) is 4.33. The van der Waals surface area contributed by atoms with Crippen LogP contribution in [0.4, 0.5) is 0 Å². The van der Waals surface area contributed by atoms with Crippen LogP contribution in [-0.2, 0) is 6.61 Å². The van der Waals surface area contributed by atoms with Gasteiger partial charge in [0.2, 0.25) is 0 Å². The number of aryl methyl sites for hydroxylation is 1. The Labute approximate surface area is 110 Å². The fraction of sp³-hybridized carbons (Fsp3) is 0.733. The third-order valence-electron chi connectivity index (χ3n) is 4.17. The molecule has 1 heterocycles. The molecular weight excluding hydrogens is 224 g/mol. The molecule has 1 aliphatic rings. The molecular formula is C15H24N2O. The number of hydrogen-bond acceptors (Lipinski definition) is 3. The maximum absolute atomic E-state index is 9.21. The lowest BCUT2D eigenvalue weighted by Gasteiger charge is -2.30. The molecule has 1 aliphatic carbocycles. The highest BCUT2D eigenvalue weighted by molar-refractivity contribution is 5.12. The maximum Gasteiger partial charge on any atom is 0.132 e. The third-order valence-corrected chi connectivity index (χ3v) is 4.17. The normalized spacial score (nSPS) is 24.5. The molecule has 1 N–H and O–H groups in total. The van der Waals surface area contributed by atoms with Crippen molar-refractivity contribution in [1.82, 2.24) is 9.97 Å². The van der Waals surface area contributed by atoms with Gasteiger partial charge in [0, 0.05) is 11.6 Å². The topological polar surface area (TPSA) is 46.0 Å². The minimum absolute atomic E-state index is 0.0116. The zero-order valence-electron chi connectivity index (χ0n) is 11.7. The van der Waals surface area contributed by atoms with Crippen LogP contribution in [0.5, 0.6) is 0 Å². The van der Waals surface area contributed by atoms with E-state index in [1.807, 2.05) is 13.0 Å². The molecule has 0 bridgehead atoms. The van der Waals surface area contributed by atoms with Crippen molar-refractivity contribution in [2.75, 3.05) is 0 Å². The first kappa shape index (κ1) is 13.5. The SMILES string of the molecule is Cc1cc(CO)nc(C2CCC(C(C)C)CC2)n1. The van der Waals surface area contributed by atoms with Crippen molar-refractivity contribution in [3.05, 3.63) is 23.3 Å². The van der Waals surface area contributed by atoms with Gasteiger partial charge in [0.05, 0.1) is 12.3 Å². The monoisotopic (exact) mass is 248 g/mol. The maximum atomic E-state index is 9.21. The van der Waals surface area contributed by atoms with Gasteiger partial charge in [-0.05, 0) is 50.5 Å². The summed E-state index contributed by atoms with van der Waals surface area (Å²) in [5.74, 6) is 3.09. The second-order valence-electron chi connectivity index (χ2n) is 5.87. The quantitative estimate of drug-likeness (QED) is 0.893. The molecule has 1 fully saturated rings. The molecule has 18 heavy (non-hydrogen) atoms. The van der Waals surface area contributed by atoms with E-state index in [9.17, 15) is 5.11 Å². The summed E-state index contributed by atoms with van der Waals surface area (Å²) in [5.41, 5.74) is 1.72. The molecule has 0 saturated heterocycles. The molecule has 3 nitrogen and oxygen atoms in total. The molecule has 0 aliphatic heterocycles. The molecule has 0 aromatic carbocycles. The van der Waals surface area contributed by atoms with E-state index in [1.165, 1.54) is 25.7 Å². The lowest BCUT2D eigenvalue weighted by molar-refractivity contribution is 0.252. The Bertz CT molecular complexity index is 395. The fourth-order valence-corrected chi connectivity index (χ4v) is 2.97. The van der Waals surface area contributed by atoms with Gasteiger partial charge in [-0.15, -0.1) is 0 Å². The van der Waals surface area contributed by atoms with Gasteiger partial charge in [-0.3, -0.25) is 0 Å². The van der Waals surface area contributed by atoms with Crippen LogP contribution in [0.15, 0.2) is 6.07 Å². The van der Waals surface area contributed by atoms with Crippen molar-refractivity contribution in [1.29, 1.82) is 0 Å². The number of aliphatic hydroxyl groups excluding tert-OH is 1. The lowest BCUT2D eigenvalue weighted by Crippen LogP contribution is -2.19. The first-order chi connectivity index (χ1) is 8.60. The number of rotatable bonds is 3. The summed E-state index contributed by atoms with van der Waals surface area (Å²) >= 11 is 0. The number of aliphatic hydroxyl groups is 1. The van der Waals surface area contributed by atoms with Crippen LogP contribution in [0, 0.1) is 18.8 Å². The van der Waals surface area contributed by atoms with Gasteiger partial charge in [-0.1, -0.05) is 13.8 Å². The van der Waals surface area contributed by atoms with Crippen molar-refractivity contribution >= 4 is 0 Å². The third kappa shape index (κ3) is 3.08. The summed E-state index contributed by atoms with van der Waals surface area (Å²) < 4.78 is 0. The molecule has 2 rings (SSSR count). The van der Waals surface area contributed by atoms with Crippen LogP contribution < -0.4 is 0 Å². The van der Waals surface area contributed by atoms with Crippen molar-refractivity contribution in [3.63, 3.8) is 0 Å². The summed E-state index contributed by atoms with van der Waals surface area (Å²) in [4.78, 5) is 9.04. The second kappa shape index (κ2) is 5.79. The van der Waals surface area contributed by atoms with Gasteiger partial charge in [0.1, 0.15) is 5.82 Å². The van der Waals surface area contributed by atoms with Gasteiger partial charge >= 0.3 is 0 Å². The number of hydrogen-bond donors (Lipinski definition) is 1. The van der Waals surface area contributed by atoms with Crippen LogP contribution in [0.25, 0.3) is 0 Å². The average molecular weight is 248 g/mol. The summed E-state index contributed by atoms with van der Waals surface area (Å²) in [6, 6.07) is 1.86. The molecule has 1 aromatic rings. The van der Waals surface area contributed by atoms with Crippen LogP contribution in [0.2, 0.25) is 0 Å². The zero-order valence-corrected chi connectivity index (χ0v) is 11.7. The molecule has 0 spiro atoms. The van der Waals surface area contributed by atoms with Gasteiger partial charge in [-0.25, -0.2) is 9.97 Å². The van der Waals surface area contributed by atoms with Gasteiger partial charge < -0.3 is 5.11 Å². The summed E-state index contributed by atoms with van der Waals surface area (Å²) in [6.45, 7) is 6.62. The fourth-order valence-electron chi connectivity index (χ4n) is 2.97. The lowest BCUT2D eigenvalue weighted by atomic mass is 9.76. The highest BCUT2D eigenvalue weighted by Gasteiger charge is 2.26. The van der Waals surface area contributed by atoms with Crippen molar-refractivity contribution < 1.29 is 5.11 Å². The first-order valence-electron chi connectivity index (χ1n) is 7.05. The van der Waals surface area contributed by atoms with E-state index in [2.05, 4.69) is 23.8 Å². The standard InChI is InChI=1S/C15H24N2O/c1-10(2)12-4-6-13(7-5-12)15-16-11(3)8-14(9-18)17-15/h8,10,12-13,18H,4-7,9H2,1-3H3. The zero-order chi connectivity index (χ0) is 13.1. The first-order valence-corrected chi connectivity index (χ1v) is 7.05. The Morgan fingerprint density at radius 2 is 1.89 bits per heavy atom. The largest absolute Gasteiger partial charge is 0.390 e. The van der Waals surface area contributed by atoms with E-state index in [0.29, 0.717) is 5.92 Å². The van der Waals surface area contributed by atoms with Crippen LogP contribution >= 0.6 is 0 Å². The van der Waals surface area contributed by atoms with E-state index in [4.69, 9.17) is 0 Å². The van der Waals surface area contributed by atoms with E-state index in [1.54, 1.807) is 0 Å². The Morgan fingerprint density at radius 3 is 2.44 bits per heavy atom. The summed E-state index contributed by atoms with van der Waals surface area (Å²) in [5, 5.41) is 9.21. The van der Waals surface area contributed by atoms with Crippen LogP contribution in [0.3, 0.4) is 0 Å². The Hall–Kier alpha value is -0.960. The minimum Gasteiger partial charge on any atom is -0.390 e. The molecule has 0 atom stereocenters. The van der Waals surface area contributed by atoms with E-state index < -0.39 is 0 Å². The Balaban J connectivity index is 2.07. The van der Waals surface area contributed by atoms with E-state index in [0.717, 1.165) is 29.0 Å². The summed E-state index contributed by atoms with van der Waals surface area (Å²) in [6.07, 6.45) is 4.95. The van der Waals surface area contributed by atoms with Gasteiger partial charge in [0.15, 0.2) is 0 Å². The highest BCUT2D eigenvalue weighted by Crippen LogP contribution is 2.37. The molecule has 0 radical (unpaired) electrons. The predicted molar refractivity (Wildman–Crippen MR) is 72.2 cm³/mol. The smallest absolute Gasteiger partial charge is 0.132 e. The van der Waals surface area contributed by atoms with Crippen molar-refractivity contribution in [3.8, 4) is 0 Å². The van der Waals surface area contributed by atoms with Crippen LogP contribution in [-0.4, -0.2) is 15.1 Å². The van der Waals surface area contributed by atoms with E-state index in [-0.39, 0.29) is 6.61 Å². The van der Waals surface area contributed by atoms with Gasteiger partial charge in [0.25, 0.3) is 0 Å². The predicted octanol–water partition coefficient (Wildman–Crippen LogP) is 3.21. The number of aromatic nitrogens is 2. The second-order valence-corrected chi connectivity index (χ2v) is 5.87. The van der Waals surface area contributed by atoms with Gasteiger partial charge in [-0.2, -0.15) is 0 Å². The molecule has 3 heteroatoms. The minimum atomic E-state index is 0.0116. The van der Waals surface area contributed by atoms with E-state index >= 15 is 0 Å². The molecule has 1 aromatic heterocycles. The molecule has 100 valence electrons. The van der Waals surface area contributed by atoms with Crippen molar-refractivity contribution in [2.24, 2.45) is 11.8 Å².